The van der Waals surface area contributed by atoms with E-state index in [2.05, 4.69) is 18.1 Å². The third-order valence-corrected chi connectivity index (χ3v) is 4.06. The summed E-state index contributed by atoms with van der Waals surface area (Å²) in [5.41, 5.74) is 6.52. The zero-order valence-corrected chi connectivity index (χ0v) is 14.1. The molecule has 0 unspecified atom stereocenters. The summed E-state index contributed by atoms with van der Waals surface area (Å²) in [5.74, 6) is 1.24. The predicted molar refractivity (Wildman–Crippen MR) is 95.0 cm³/mol. The lowest BCUT2D eigenvalue weighted by molar-refractivity contribution is -0.123. The van der Waals surface area contributed by atoms with Crippen LogP contribution in [-0.2, 0) is 11.3 Å². The molecule has 1 saturated heterocycles. The van der Waals surface area contributed by atoms with E-state index in [4.69, 9.17) is 15.2 Å². The third-order valence-electron chi connectivity index (χ3n) is 4.06. The van der Waals surface area contributed by atoms with Gasteiger partial charge in [-0.25, -0.2) is 0 Å². The predicted octanol–water partition coefficient (Wildman–Crippen LogP) is 2.51. The first kappa shape index (κ1) is 18.1. The fourth-order valence-corrected chi connectivity index (χ4v) is 2.87. The molecule has 1 atom stereocenters. The van der Waals surface area contributed by atoms with E-state index in [-0.39, 0.29) is 11.8 Å². The van der Waals surface area contributed by atoms with E-state index in [1.54, 1.807) is 12.2 Å². The highest BCUT2D eigenvalue weighted by Crippen LogP contribution is 2.28. The van der Waals surface area contributed by atoms with E-state index in [9.17, 15) is 4.79 Å². The van der Waals surface area contributed by atoms with Gasteiger partial charge < -0.3 is 15.2 Å². The third kappa shape index (κ3) is 5.13. The first-order valence-electron chi connectivity index (χ1n) is 8.26. The van der Waals surface area contributed by atoms with Crippen molar-refractivity contribution in [2.45, 2.75) is 19.4 Å². The van der Waals surface area contributed by atoms with E-state index in [0.29, 0.717) is 19.8 Å². The molecule has 1 heterocycles. The quantitative estimate of drug-likeness (QED) is 0.707. The zero-order chi connectivity index (χ0) is 17.4. The minimum absolute atomic E-state index is 0.0634. The van der Waals surface area contributed by atoms with Gasteiger partial charge in [-0.1, -0.05) is 31.4 Å². The molecule has 2 rings (SSSR count). The Morgan fingerprint density at radius 3 is 2.75 bits per heavy atom. The molecule has 5 nitrogen and oxygen atoms in total. The number of nitrogens with two attached hydrogens (primary N) is 1. The van der Waals surface area contributed by atoms with Gasteiger partial charge >= 0.3 is 0 Å². The molecule has 1 amide bonds. The number of carbonyl (C=O) groups excluding carboxylic acids is 1. The van der Waals surface area contributed by atoms with Gasteiger partial charge in [0.05, 0.1) is 5.92 Å². The lowest BCUT2D eigenvalue weighted by Gasteiger charge is -2.31. The van der Waals surface area contributed by atoms with Gasteiger partial charge in [-0.3, -0.25) is 9.69 Å². The Balaban J connectivity index is 2.10. The number of amides is 1. The average molecular weight is 330 g/mol. The number of benzene rings is 1. The minimum Gasteiger partial charge on any atom is -0.489 e. The second-order valence-electron chi connectivity index (χ2n) is 5.95. The number of hydrogen-bond acceptors (Lipinski definition) is 4. The van der Waals surface area contributed by atoms with Crippen molar-refractivity contribution in [3.63, 3.8) is 0 Å². The van der Waals surface area contributed by atoms with Crippen molar-refractivity contribution in [2.24, 2.45) is 11.7 Å². The monoisotopic (exact) mass is 330 g/mol. The lowest BCUT2D eigenvalue weighted by Crippen LogP contribution is -2.40. The summed E-state index contributed by atoms with van der Waals surface area (Å²) in [4.78, 5) is 13.7. The second kappa shape index (κ2) is 9.13. The van der Waals surface area contributed by atoms with Crippen molar-refractivity contribution in [3.05, 3.63) is 49.1 Å². The van der Waals surface area contributed by atoms with Gasteiger partial charge in [0.25, 0.3) is 0 Å². The van der Waals surface area contributed by atoms with E-state index in [1.807, 2.05) is 18.2 Å². The van der Waals surface area contributed by atoms with Crippen LogP contribution in [0.25, 0.3) is 0 Å². The zero-order valence-electron chi connectivity index (χ0n) is 14.1. The van der Waals surface area contributed by atoms with E-state index < -0.39 is 0 Å². The Morgan fingerprint density at radius 2 is 2.04 bits per heavy atom. The Hall–Kier alpha value is -2.27. The lowest BCUT2D eigenvalue weighted by atomic mass is 9.97. The van der Waals surface area contributed by atoms with Gasteiger partial charge in [0.15, 0.2) is 0 Å². The highest BCUT2D eigenvalue weighted by atomic mass is 16.5. The first-order valence-corrected chi connectivity index (χ1v) is 8.26. The smallest absolute Gasteiger partial charge is 0.221 e. The van der Waals surface area contributed by atoms with Crippen LogP contribution < -0.4 is 15.2 Å². The number of ether oxygens (including phenoxy) is 2. The average Bonchev–Trinajstić information content (AvgIpc) is 2.59. The molecule has 130 valence electrons. The first-order chi connectivity index (χ1) is 11.6. The van der Waals surface area contributed by atoms with Gasteiger partial charge in [-0.15, -0.1) is 0 Å². The summed E-state index contributed by atoms with van der Waals surface area (Å²) < 4.78 is 11.4. The molecule has 1 aromatic rings. The molecular formula is C19H26N2O3. The van der Waals surface area contributed by atoms with Crippen LogP contribution in [0.3, 0.4) is 0 Å². The number of nitrogens with zero attached hydrogens (tertiary/aromatic N) is 1. The number of piperidine rings is 1. The van der Waals surface area contributed by atoms with Crippen molar-refractivity contribution in [2.75, 3.05) is 26.3 Å². The number of carbonyl (C=O) groups is 1. The summed E-state index contributed by atoms with van der Waals surface area (Å²) in [5, 5.41) is 0. The van der Waals surface area contributed by atoms with Crippen LogP contribution in [0.4, 0.5) is 0 Å². The van der Waals surface area contributed by atoms with Crippen LogP contribution in [0.5, 0.6) is 11.5 Å². The molecule has 1 aliphatic rings. The molecule has 0 radical (unpaired) electrons. The standard InChI is InChI=1S/C19H26N2O3/c1-3-10-23-17-8-7-15(18(12-17)24-11-4-2)13-21-9-5-6-16(14-21)19(20)22/h3-4,7-8,12,16H,1-2,5-6,9-11,13-14H2,(H2,20,22)/t16-/m1/s1. The van der Waals surface area contributed by atoms with Crippen molar-refractivity contribution in [1.82, 2.24) is 4.90 Å². The maximum Gasteiger partial charge on any atom is 0.221 e. The number of primary amides is 1. The Labute approximate surface area is 143 Å². The van der Waals surface area contributed by atoms with Gasteiger partial charge in [-0.2, -0.15) is 0 Å². The minimum atomic E-state index is -0.212. The van der Waals surface area contributed by atoms with Crippen LogP contribution in [0, 0.1) is 5.92 Å². The molecule has 0 aromatic heterocycles. The number of rotatable bonds is 9. The molecule has 0 saturated carbocycles. The number of hydrogen-bond donors (Lipinski definition) is 1. The summed E-state index contributed by atoms with van der Waals surface area (Å²) in [7, 11) is 0. The molecular weight excluding hydrogens is 304 g/mol. The Bertz CT molecular complexity index is 586. The Kier molecular flexibility index (Phi) is 6.88. The molecule has 1 aromatic carbocycles. The molecule has 1 fully saturated rings. The normalized spacial score (nSPS) is 17.9. The number of likely N-dealkylation sites (tertiary alicyclic amines) is 1. The van der Waals surface area contributed by atoms with Crippen LogP contribution in [0.2, 0.25) is 0 Å². The SMILES string of the molecule is C=CCOc1ccc(CN2CCC[C@@H](C(N)=O)C2)c(OCC=C)c1. The molecule has 1 aliphatic heterocycles. The largest absolute Gasteiger partial charge is 0.489 e. The van der Waals surface area contributed by atoms with Gasteiger partial charge in [0.1, 0.15) is 24.7 Å². The highest BCUT2D eigenvalue weighted by molar-refractivity contribution is 5.76. The fourth-order valence-electron chi connectivity index (χ4n) is 2.87. The van der Waals surface area contributed by atoms with Crippen LogP contribution >= 0.6 is 0 Å². The maximum absolute atomic E-state index is 11.4. The van der Waals surface area contributed by atoms with E-state index in [0.717, 1.165) is 43.0 Å². The Morgan fingerprint density at radius 1 is 1.29 bits per heavy atom. The molecule has 2 N–H and O–H groups in total. The van der Waals surface area contributed by atoms with Crippen LogP contribution in [0.1, 0.15) is 18.4 Å². The second-order valence-corrected chi connectivity index (χ2v) is 5.95. The van der Waals surface area contributed by atoms with Gasteiger partial charge in [0.2, 0.25) is 5.91 Å². The van der Waals surface area contributed by atoms with Crippen molar-refractivity contribution < 1.29 is 14.3 Å². The molecule has 0 spiro atoms. The van der Waals surface area contributed by atoms with Crippen molar-refractivity contribution in [1.29, 1.82) is 0 Å². The van der Waals surface area contributed by atoms with E-state index >= 15 is 0 Å². The molecule has 0 aliphatic carbocycles. The van der Waals surface area contributed by atoms with Crippen LogP contribution in [-0.4, -0.2) is 37.1 Å². The summed E-state index contributed by atoms with van der Waals surface area (Å²) >= 11 is 0. The summed E-state index contributed by atoms with van der Waals surface area (Å²) in [6.45, 7) is 10.6. The fraction of sp³-hybridized carbons (Fsp3) is 0.421. The van der Waals surface area contributed by atoms with E-state index in [1.165, 1.54) is 0 Å². The molecule has 5 heteroatoms. The summed E-state index contributed by atoms with van der Waals surface area (Å²) in [6.07, 6.45) is 5.28. The summed E-state index contributed by atoms with van der Waals surface area (Å²) in [6, 6.07) is 5.82. The topological polar surface area (TPSA) is 64.8 Å². The van der Waals surface area contributed by atoms with Crippen LogP contribution in [0.15, 0.2) is 43.5 Å². The van der Waals surface area contributed by atoms with Crippen molar-refractivity contribution >= 4 is 5.91 Å². The molecule has 24 heavy (non-hydrogen) atoms. The highest BCUT2D eigenvalue weighted by Gasteiger charge is 2.24. The van der Waals surface area contributed by atoms with Gasteiger partial charge in [0, 0.05) is 24.7 Å². The maximum atomic E-state index is 11.4. The van der Waals surface area contributed by atoms with Crippen molar-refractivity contribution in [3.8, 4) is 11.5 Å². The molecule has 0 bridgehead atoms. The van der Waals surface area contributed by atoms with Gasteiger partial charge in [-0.05, 0) is 25.5 Å².